The van der Waals surface area contributed by atoms with Crippen LogP contribution < -0.4 is 10.6 Å². The number of aliphatic hydroxyl groups excluding tert-OH is 1. The summed E-state index contributed by atoms with van der Waals surface area (Å²) in [6.45, 7) is 2.38. The molecule has 3 rings (SSSR count). The van der Waals surface area contributed by atoms with Gasteiger partial charge in [-0.2, -0.15) is 5.10 Å². The Morgan fingerprint density at radius 3 is 3.14 bits per heavy atom. The van der Waals surface area contributed by atoms with Gasteiger partial charge in [0.05, 0.1) is 25.4 Å². The van der Waals surface area contributed by atoms with Crippen molar-refractivity contribution >= 4 is 22.5 Å². The van der Waals surface area contributed by atoms with Crippen LogP contribution in [0, 0.1) is 6.92 Å². The number of urea groups is 1. The lowest BCUT2D eigenvalue weighted by atomic mass is 9.93. The molecule has 9 heteroatoms. The van der Waals surface area contributed by atoms with Crippen molar-refractivity contribution in [1.29, 1.82) is 0 Å². The molecule has 0 spiro atoms. The highest BCUT2D eigenvalue weighted by Crippen LogP contribution is 2.29. The van der Waals surface area contributed by atoms with E-state index in [0.29, 0.717) is 11.7 Å². The number of nitrogens with one attached hydrogen (secondary N) is 2. The number of rotatable bonds is 4. The largest absolute Gasteiger partial charge is 0.394 e. The number of aliphatic hydroxyl groups is 1. The number of nitrogens with zero attached hydrogens (tertiary/aromatic N) is 4. The summed E-state index contributed by atoms with van der Waals surface area (Å²) in [5.41, 5.74) is 2.13. The first-order valence-electron chi connectivity index (χ1n) is 7.20. The molecule has 2 amide bonds. The minimum atomic E-state index is -0.288. The van der Waals surface area contributed by atoms with Crippen LogP contribution in [0.25, 0.3) is 0 Å². The van der Waals surface area contributed by atoms with Crippen molar-refractivity contribution in [3.8, 4) is 0 Å². The number of hydrogen-bond acceptors (Lipinski definition) is 6. The van der Waals surface area contributed by atoms with Crippen molar-refractivity contribution in [2.45, 2.75) is 38.8 Å². The predicted octanol–water partition coefficient (Wildman–Crippen LogP) is 1.23. The SMILES string of the molecule is Cc1nnc(NC(=O)N[C@@H]2CCCc3c2cnn3CCO)s1. The molecule has 118 valence electrons. The van der Waals surface area contributed by atoms with E-state index >= 15 is 0 Å². The standard InChI is InChI=1S/C13H18N6O2S/c1-8-17-18-13(22-8)16-12(21)15-10-3-2-4-11-9(10)7-14-19(11)5-6-20/h7,10,20H,2-6H2,1H3,(H2,15,16,18,21)/t10-/m1/s1. The Labute approximate surface area is 131 Å². The average Bonchev–Trinajstić information content (AvgIpc) is 3.07. The Morgan fingerprint density at radius 2 is 2.41 bits per heavy atom. The number of hydrogen-bond donors (Lipinski definition) is 3. The summed E-state index contributed by atoms with van der Waals surface area (Å²) in [5.74, 6) is 0. The highest BCUT2D eigenvalue weighted by Gasteiger charge is 2.25. The summed E-state index contributed by atoms with van der Waals surface area (Å²) >= 11 is 1.34. The molecule has 0 bridgehead atoms. The van der Waals surface area contributed by atoms with Crippen molar-refractivity contribution < 1.29 is 9.90 Å². The van der Waals surface area contributed by atoms with Crippen LogP contribution in [-0.4, -0.2) is 37.7 Å². The lowest BCUT2D eigenvalue weighted by Crippen LogP contribution is -2.34. The number of aromatic nitrogens is 4. The molecular weight excluding hydrogens is 304 g/mol. The first kappa shape index (κ1) is 14.9. The van der Waals surface area contributed by atoms with E-state index < -0.39 is 0 Å². The molecule has 1 atom stereocenters. The third-order valence-electron chi connectivity index (χ3n) is 3.63. The molecule has 0 saturated heterocycles. The Hall–Kier alpha value is -2.00. The molecule has 1 aliphatic rings. The van der Waals surface area contributed by atoms with Crippen molar-refractivity contribution in [3.63, 3.8) is 0 Å². The zero-order valence-electron chi connectivity index (χ0n) is 12.2. The van der Waals surface area contributed by atoms with E-state index in [-0.39, 0.29) is 18.7 Å². The summed E-state index contributed by atoms with van der Waals surface area (Å²) < 4.78 is 1.81. The maximum atomic E-state index is 12.1. The van der Waals surface area contributed by atoms with Crippen molar-refractivity contribution in [2.24, 2.45) is 0 Å². The van der Waals surface area contributed by atoms with E-state index in [0.717, 1.165) is 35.5 Å². The van der Waals surface area contributed by atoms with Gasteiger partial charge in [0.1, 0.15) is 5.01 Å². The van der Waals surface area contributed by atoms with E-state index in [2.05, 4.69) is 25.9 Å². The summed E-state index contributed by atoms with van der Waals surface area (Å²) in [7, 11) is 0. The minimum absolute atomic E-state index is 0.0586. The first-order chi connectivity index (χ1) is 10.7. The molecule has 2 aromatic heterocycles. The second-order valence-electron chi connectivity index (χ2n) is 5.16. The normalized spacial score (nSPS) is 17.1. The van der Waals surface area contributed by atoms with Gasteiger partial charge in [-0.25, -0.2) is 4.79 Å². The fourth-order valence-corrected chi connectivity index (χ4v) is 3.28. The molecule has 2 heterocycles. The molecular formula is C13H18N6O2S. The number of amides is 2. The van der Waals surface area contributed by atoms with Crippen LogP contribution in [-0.2, 0) is 13.0 Å². The van der Waals surface area contributed by atoms with Crippen LogP contribution >= 0.6 is 11.3 Å². The number of anilines is 1. The average molecular weight is 322 g/mol. The Kier molecular flexibility index (Phi) is 4.34. The summed E-state index contributed by atoms with van der Waals surface area (Å²) in [5, 5.41) is 28.1. The number of aryl methyl sites for hydroxylation is 1. The number of carbonyl (C=O) groups excluding carboxylic acids is 1. The quantitative estimate of drug-likeness (QED) is 0.785. The summed E-state index contributed by atoms with van der Waals surface area (Å²) in [6.07, 6.45) is 4.56. The molecule has 0 aliphatic heterocycles. The van der Waals surface area contributed by atoms with E-state index in [9.17, 15) is 4.79 Å². The molecule has 22 heavy (non-hydrogen) atoms. The highest BCUT2D eigenvalue weighted by atomic mass is 32.1. The van der Waals surface area contributed by atoms with Gasteiger partial charge in [0.2, 0.25) is 5.13 Å². The second-order valence-corrected chi connectivity index (χ2v) is 6.34. The summed E-state index contributed by atoms with van der Waals surface area (Å²) in [6, 6.07) is -0.353. The Morgan fingerprint density at radius 1 is 1.55 bits per heavy atom. The zero-order valence-corrected chi connectivity index (χ0v) is 13.1. The van der Waals surface area contributed by atoms with Crippen molar-refractivity contribution in [3.05, 3.63) is 22.5 Å². The third kappa shape index (κ3) is 3.09. The maximum Gasteiger partial charge on any atom is 0.321 e. The molecule has 8 nitrogen and oxygen atoms in total. The minimum Gasteiger partial charge on any atom is -0.394 e. The smallest absolute Gasteiger partial charge is 0.321 e. The van der Waals surface area contributed by atoms with E-state index in [1.165, 1.54) is 11.3 Å². The molecule has 0 aromatic carbocycles. The third-order valence-corrected chi connectivity index (χ3v) is 4.38. The van der Waals surface area contributed by atoms with Crippen LogP contribution in [0.2, 0.25) is 0 Å². The fourth-order valence-electron chi connectivity index (χ4n) is 2.69. The van der Waals surface area contributed by atoms with Crippen molar-refractivity contribution in [1.82, 2.24) is 25.3 Å². The first-order valence-corrected chi connectivity index (χ1v) is 8.02. The van der Waals surface area contributed by atoms with Gasteiger partial charge in [-0.1, -0.05) is 11.3 Å². The zero-order chi connectivity index (χ0) is 15.5. The van der Waals surface area contributed by atoms with E-state index in [1.54, 1.807) is 6.20 Å². The maximum absolute atomic E-state index is 12.1. The molecule has 0 unspecified atom stereocenters. The van der Waals surface area contributed by atoms with Gasteiger partial charge in [-0.3, -0.25) is 10.00 Å². The van der Waals surface area contributed by atoms with Gasteiger partial charge < -0.3 is 10.4 Å². The Bertz CT molecular complexity index is 667. The van der Waals surface area contributed by atoms with Gasteiger partial charge in [0.25, 0.3) is 0 Å². The lowest BCUT2D eigenvalue weighted by molar-refractivity contribution is 0.246. The van der Waals surface area contributed by atoms with E-state index in [4.69, 9.17) is 5.11 Å². The molecule has 0 radical (unpaired) electrons. The van der Waals surface area contributed by atoms with Crippen LogP contribution in [0.3, 0.4) is 0 Å². The lowest BCUT2D eigenvalue weighted by Gasteiger charge is -2.24. The topological polar surface area (TPSA) is 105 Å². The molecule has 2 aromatic rings. The number of carbonyl (C=O) groups is 1. The van der Waals surface area contributed by atoms with Crippen LogP contribution in [0.15, 0.2) is 6.20 Å². The van der Waals surface area contributed by atoms with Crippen LogP contribution in [0.5, 0.6) is 0 Å². The molecule has 3 N–H and O–H groups in total. The van der Waals surface area contributed by atoms with Gasteiger partial charge >= 0.3 is 6.03 Å². The monoisotopic (exact) mass is 322 g/mol. The van der Waals surface area contributed by atoms with Crippen LogP contribution in [0.1, 0.15) is 35.1 Å². The molecule has 0 saturated carbocycles. The van der Waals surface area contributed by atoms with Gasteiger partial charge in [0.15, 0.2) is 0 Å². The van der Waals surface area contributed by atoms with Crippen LogP contribution in [0.4, 0.5) is 9.93 Å². The molecule has 0 fully saturated rings. The van der Waals surface area contributed by atoms with Gasteiger partial charge in [-0.05, 0) is 26.2 Å². The highest BCUT2D eigenvalue weighted by molar-refractivity contribution is 7.15. The summed E-state index contributed by atoms with van der Waals surface area (Å²) in [4.78, 5) is 12.1. The number of fused-ring (bicyclic) bond motifs is 1. The van der Waals surface area contributed by atoms with E-state index in [1.807, 2.05) is 11.6 Å². The Balaban J connectivity index is 1.67. The van der Waals surface area contributed by atoms with Gasteiger partial charge in [-0.15, -0.1) is 10.2 Å². The predicted molar refractivity (Wildman–Crippen MR) is 81.8 cm³/mol. The van der Waals surface area contributed by atoms with Crippen molar-refractivity contribution in [2.75, 3.05) is 11.9 Å². The fraction of sp³-hybridized carbons (Fsp3) is 0.538. The van der Waals surface area contributed by atoms with Gasteiger partial charge in [0, 0.05) is 11.3 Å². The second kappa shape index (κ2) is 6.41. The molecule has 1 aliphatic carbocycles.